The number of nitrogens with zero attached hydrogens (tertiary/aromatic N) is 1. The summed E-state index contributed by atoms with van der Waals surface area (Å²) < 4.78 is 18.6. The van der Waals surface area contributed by atoms with Crippen LogP contribution in [-0.4, -0.2) is 4.98 Å². The van der Waals surface area contributed by atoms with Crippen LogP contribution in [0.25, 0.3) is 0 Å². The van der Waals surface area contributed by atoms with E-state index in [2.05, 4.69) is 4.98 Å². The number of nitrogens with two attached hydrogens (primary N) is 1. The SMILES string of the molecule is Nc1cccc(F)c1Oc1ccncc1. The first-order valence-electron chi connectivity index (χ1n) is 4.39. The lowest BCUT2D eigenvalue weighted by Gasteiger charge is -2.08. The molecule has 0 radical (unpaired) electrons. The molecule has 0 bridgehead atoms. The summed E-state index contributed by atoms with van der Waals surface area (Å²) in [5.41, 5.74) is 5.86. The number of para-hydroxylation sites is 1. The molecule has 0 aliphatic carbocycles. The van der Waals surface area contributed by atoms with Gasteiger partial charge in [-0.15, -0.1) is 0 Å². The van der Waals surface area contributed by atoms with Crippen molar-refractivity contribution in [2.75, 3.05) is 5.73 Å². The molecule has 76 valence electrons. The van der Waals surface area contributed by atoms with Crippen LogP contribution in [0.15, 0.2) is 42.7 Å². The zero-order valence-corrected chi connectivity index (χ0v) is 7.85. The molecule has 1 heterocycles. The molecule has 0 atom stereocenters. The van der Waals surface area contributed by atoms with Gasteiger partial charge in [-0.25, -0.2) is 4.39 Å². The quantitative estimate of drug-likeness (QED) is 0.765. The number of hydrogen-bond donors (Lipinski definition) is 1. The highest BCUT2D eigenvalue weighted by molar-refractivity contribution is 5.54. The van der Waals surface area contributed by atoms with E-state index in [1.807, 2.05) is 0 Å². The van der Waals surface area contributed by atoms with Crippen molar-refractivity contribution < 1.29 is 9.13 Å². The summed E-state index contributed by atoms with van der Waals surface area (Å²) in [5, 5.41) is 0. The van der Waals surface area contributed by atoms with Crippen LogP contribution < -0.4 is 10.5 Å². The molecule has 0 aliphatic rings. The second kappa shape index (κ2) is 3.96. The third-order valence-electron chi connectivity index (χ3n) is 1.87. The molecule has 1 aromatic carbocycles. The molecule has 0 saturated carbocycles. The molecule has 15 heavy (non-hydrogen) atoms. The van der Waals surface area contributed by atoms with E-state index in [1.54, 1.807) is 30.6 Å². The number of nitrogen functional groups attached to an aromatic ring is 1. The van der Waals surface area contributed by atoms with E-state index >= 15 is 0 Å². The van der Waals surface area contributed by atoms with E-state index in [-0.39, 0.29) is 11.4 Å². The Hall–Kier alpha value is -2.10. The average Bonchev–Trinajstić information content (AvgIpc) is 2.25. The topological polar surface area (TPSA) is 48.1 Å². The van der Waals surface area contributed by atoms with Gasteiger partial charge in [0.25, 0.3) is 0 Å². The van der Waals surface area contributed by atoms with Crippen molar-refractivity contribution in [1.29, 1.82) is 0 Å². The molecular weight excluding hydrogens is 195 g/mol. The lowest BCUT2D eigenvalue weighted by molar-refractivity contribution is 0.444. The zero-order chi connectivity index (χ0) is 10.7. The highest BCUT2D eigenvalue weighted by Gasteiger charge is 2.07. The number of hydrogen-bond acceptors (Lipinski definition) is 3. The summed E-state index contributed by atoms with van der Waals surface area (Å²) in [6.07, 6.45) is 3.12. The fourth-order valence-corrected chi connectivity index (χ4v) is 1.16. The van der Waals surface area contributed by atoms with Crippen LogP contribution in [0, 0.1) is 5.82 Å². The number of ether oxygens (including phenoxy) is 1. The second-order valence-electron chi connectivity index (χ2n) is 2.94. The molecule has 2 N–H and O–H groups in total. The van der Waals surface area contributed by atoms with Crippen molar-refractivity contribution in [3.63, 3.8) is 0 Å². The maximum atomic E-state index is 13.3. The summed E-state index contributed by atoms with van der Waals surface area (Å²) >= 11 is 0. The maximum absolute atomic E-state index is 13.3. The summed E-state index contributed by atoms with van der Waals surface area (Å²) in [4.78, 5) is 3.83. The van der Waals surface area contributed by atoms with E-state index in [9.17, 15) is 4.39 Å². The number of rotatable bonds is 2. The van der Waals surface area contributed by atoms with Gasteiger partial charge < -0.3 is 10.5 Å². The van der Waals surface area contributed by atoms with Crippen molar-refractivity contribution in [2.24, 2.45) is 0 Å². The van der Waals surface area contributed by atoms with Crippen LogP contribution in [0.4, 0.5) is 10.1 Å². The van der Waals surface area contributed by atoms with E-state index in [4.69, 9.17) is 10.5 Å². The Labute approximate surface area is 86.3 Å². The predicted molar refractivity (Wildman–Crippen MR) is 55.1 cm³/mol. The highest BCUT2D eigenvalue weighted by atomic mass is 19.1. The monoisotopic (exact) mass is 204 g/mol. The summed E-state index contributed by atoms with van der Waals surface area (Å²) in [6.45, 7) is 0. The third-order valence-corrected chi connectivity index (χ3v) is 1.87. The van der Waals surface area contributed by atoms with Gasteiger partial charge in [0, 0.05) is 12.4 Å². The number of pyridine rings is 1. The summed E-state index contributed by atoms with van der Waals surface area (Å²) in [7, 11) is 0. The van der Waals surface area contributed by atoms with Crippen LogP contribution in [0.2, 0.25) is 0 Å². The van der Waals surface area contributed by atoms with Gasteiger partial charge in [-0.05, 0) is 24.3 Å². The third kappa shape index (κ3) is 2.04. The Morgan fingerprint density at radius 1 is 1.13 bits per heavy atom. The van der Waals surface area contributed by atoms with Crippen LogP contribution in [0.5, 0.6) is 11.5 Å². The Balaban J connectivity index is 2.32. The average molecular weight is 204 g/mol. The normalized spacial score (nSPS) is 9.93. The molecule has 4 heteroatoms. The van der Waals surface area contributed by atoms with Crippen molar-refractivity contribution in [1.82, 2.24) is 4.98 Å². The number of benzene rings is 1. The summed E-state index contributed by atoms with van der Waals surface area (Å²) in [5.74, 6) is 0.0670. The molecule has 0 spiro atoms. The van der Waals surface area contributed by atoms with Crippen molar-refractivity contribution >= 4 is 5.69 Å². The number of aromatic nitrogens is 1. The molecule has 0 saturated heterocycles. The number of halogens is 1. The molecular formula is C11H9FN2O. The summed E-state index contributed by atoms with van der Waals surface area (Å²) in [6, 6.07) is 7.67. The Bertz CT molecular complexity index is 439. The van der Waals surface area contributed by atoms with Gasteiger partial charge in [0.05, 0.1) is 5.69 Å². The van der Waals surface area contributed by atoms with Gasteiger partial charge in [0.15, 0.2) is 11.6 Å². The van der Waals surface area contributed by atoms with E-state index in [1.165, 1.54) is 12.1 Å². The molecule has 0 aliphatic heterocycles. The molecule has 0 unspecified atom stereocenters. The van der Waals surface area contributed by atoms with Crippen LogP contribution in [0.1, 0.15) is 0 Å². The fourth-order valence-electron chi connectivity index (χ4n) is 1.16. The van der Waals surface area contributed by atoms with Gasteiger partial charge in [-0.3, -0.25) is 4.98 Å². The number of anilines is 1. The lowest BCUT2D eigenvalue weighted by Crippen LogP contribution is -1.94. The lowest BCUT2D eigenvalue weighted by atomic mass is 10.3. The van der Waals surface area contributed by atoms with Crippen LogP contribution in [-0.2, 0) is 0 Å². The van der Waals surface area contributed by atoms with Gasteiger partial charge in [0.1, 0.15) is 5.75 Å². The van der Waals surface area contributed by atoms with Crippen LogP contribution >= 0.6 is 0 Å². The maximum Gasteiger partial charge on any atom is 0.185 e. The zero-order valence-electron chi connectivity index (χ0n) is 7.85. The first-order chi connectivity index (χ1) is 7.27. The van der Waals surface area contributed by atoms with Crippen LogP contribution in [0.3, 0.4) is 0 Å². The first kappa shape index (κ1) is 9.45. The fraction of sp³-hybridized carbons (Fsp3) is 0. The first-order valence-corrected chi connectivity index (χ1v) is 4.39. The molecule has 3 nitrogen and oxygen atoms in total. The van der Waals surface area contributed by atoms with Gasteiger partial charge >= 0.3 is 0 Å². The minimum Gasteiger partial charge on any atom is -0.452 e. The Kier molecular flexibility index (Phi) is 2.49. The Morgan fingerprint density at radius 2 is 1.87 bits per heavy atom. The predicted octanol–water partition coefficient (Wildman–Crippen LogP) is 2.60. The molecule has 2 rings (SSSR count). The second-order valence-corrected chi connectivity index (χ2v) is 2.94. The Morgan fingerprint density at radius 3 is 2.53 bits per heavy atom. The van der Waals surface area contributed by atoms with Gasteiger partial charge in [-0.2, -0.15) is 0 Å². The van der Waals surface area contributed by atoms with Crippen molar-refractivity contribution in [3.8, 4) is 11.5 Å². The molecule has 0 amide bonds. The standard InChI is InChI=1S/C11H9FN2O/c12-9-2-1-3-10(13)11(9)15-8-4-6-14-7-5-8/h1-7H,13H2. The molecule has 2 aromatic rings. The smallest absolute Gasteiger partial charge is 0.185 e. The van der Waals surface area contributed by atoms with E-state index in [0.29, 0.717) is 5.75 Å². The highest BCUT2D eigenvalue weighted by Crippen LogP contribution is 2.29. The largest absolute Gasteiger partial charge is 0.452 e. The minimum absolute atomic E-state index is 0.0451. The van der Waals surface area contributed by atoms with Crippen molar-refractivity contribution in [3.05, 3.63) is 48.5 Å². The van der Waals surface area contributed by atoms with Gasteiger partial charge in [-0.1, -0.05) is 6.07 Å². The van der Waals surface area contributed by atoms with E-state index < -0.39 is 5.82 Å². The molecule has 0 fully saturated rings. The minimum atomic E-state index is -0.480. The van der Waals surface area contributed by atoms with E-state index in [0.717, 1.165) is 0 Å². The molecule has 1 aromatic heterocycles. The van der Waals surface area contributed by atoms with Crippen molar-refractivity contribution in [2.45, 2.75) is 0 Å². The van der Waals surface area contributed by atoms with Gasteiger partial charge in [0.2, 0.25) is 0 Å².